The predicted octanol–water partition coefficient (Wildman–Crippen LogP) is 4.98. The fourth-order valence-electron chi connectivity index (χ4n) is 3.61. The van der Waals surface area contributed by atoms with Gasteiger partial charge in [-0.15, -0.1) is 11.3 Å². The van der Waals surface area contributed by atoms with Gasteiger partial charge < -0.3 is 9.64 Å². The van der Waals surface area contributed by atoms with Crippen molar-refractivity contribution in [2.75, 3.05) is 13.7 Å². The third-order valence-corrected chi connectivity index (χ3v) is 6.08. The van der Waals surface area contributed by atoms with Gasteiger partial charge in [-0.2, -0.15) is 0 Å². The number of aromatic nitrogens is 1. The van der Waals surface area contributed by atoms with Crippen LogP contribution >= 0.6 is 11.3 Å². The number of rotatable bonds is 3. The number of nitrogens with zero attached hydrogens (tertiary/aromatic N) is 2. The lowest BCUT2D eigenvalue weighted by molar-refractivity contribution is 0.0608. The van der Waals surface area contributed by atoms with Gasteiger partial charge in [-0.1, -0.05) is 23.8 Å². The molecule has 2 aromatic carbocycles. The molecule has 1 fully saturated rings. The largest absolute Gasteiger partial charge is 0.496 e. The highest BCUT2D eigenvalue weighted by Gasteiger charge is 2.32. The number of hydrogen-bond donors (Lipinski definition) is 0. The highest BCUT2D eigenvalue weighted by molar-refractivity contribution is 7.18. The van der Waals surface area contributed by atoms with Gasteiger partial charge in [-0.05, 0) is 50.5 Å². The zero-order valence-corrected chi connectivity index (χ0v) is 15.9. The Bertz CT molecular complexity index is 917. The Morgan fingerprint density at radius 3 is 2.88 bits per heavy atom. The Morgan fingerprint density at radius 2 is 2.08 bits per heavy atom. The minimum absolute atomic E-state index is 0.0366. The molecule has 0 unspecified atom stereocenters. The summed E-state index contributed by atoms with van der Waals surface area (Å²) in [6, 6.07) is 14.0. The van der Waals surface area contributed by atoms with Crippen molar-refractivity contribution in [1.82, 2.24) is 9.88 Å². The number of carbonyl (C=O) groups is 1. The van der Waals surface area contributed by atoms with Crippen molar-refractivity contribution in [2.24, 2.45) is 0 Å². The normalized spacial score (nSPS) is 17.5. The fourth-order valence-corrected chi connectivity index (χ4v) is 4.72. The number of para-hydroxylation sites is 1. The molecular formula is C21H22N2O2S. The van der Waals surface area contributed by atoms with Gasteiger partial charge in [0.2, 0.25) is 0 Å². The molecule has 2 heterocycles. The van der Waals surface area contributed by atoms with E-state index in [0.29, 0.717) is 11.3 Å². The minimum Gasteiger partial charge on any atom is -0.496 e. The fraction of sp³-hybridized carbons (Fsp3) is 0.333. The van der Waals surface area contributed by atoms with Crippen LogP contribution in [0.15, 0.2) is 42.5 Å². The van der Waals surface area contributed by atoms with E-state index < -0.39 is 0 Å². The number of aryl methyl sites for hydroxylation is 1. The number of ether oxygens (including phenoxy) is 1. The first-order chi connectivity index (χ1) is 12.7. The standard InChI is InChI=1S/C21H22N2O2S/c1-14-10-11-18(25-2)15(13-14)21(24)23-12-6-5-8-17(23)20-22-16-7-3-4-9-19(16)26-20/h3-4,7,9-11,13,17H,5-6,8,12H2,1-2H3/t17-/m1/s1. The number of amides is 1. The Balaban J connectivity index is 1.71. The number of thiazole rings is 1. The van der Waals surface area contributed by atoms with Gasteiger partial charge in [0, 0.05) is 6.54 Å². The maximum atomic E-state index is 13.4. The first-order valence-electron chi connectivity index (χ1n) is 8.98. The first-order valence-corrected chi connectivity index (χ1v) is 9.80. The Morgan fingerprint density at radius 1 is 1.23 bits per heavy atom. The molecule has 0 N–H and O–H groups in total. The molecule has 5 heteroatoms. The molecule has 0 saturated carbocycles. The molecule has 0 aliphatic carbocycles. The second kappa shape index (κ2) is 7.08. The second-order valence-corrected chi connectivity index (χ2v) is 7.80. The van der Waals surface area contributed by atoms with Gasteiger partial charge in [0.25, 0.3) is 5.91 Å². The molecule has 1 aliphatic heterocycles. The molecule has 1 amide bonds. The quantitative estimate of drug-likeness (QED) is 0.656. The Hall–Kier alpha value is -2.40. The lowest BCUT2D eigenvalue weighted by Crippen LogP contribution is -2.38. The van der Waals surface area contributed by atoms with E-state index in [1.807, 2.05) is 48.2 Å². The highest BCUT2D eigenvalue weighted by atomic mass is 32.1. The molecular weight excluding hydrogens is 344 g/mol. The van der Waals surface area contributed by atoms with Crippen molar-refractivity contribution in [1.29, 1.82) is 0 Å². The lowest BCUT2D eigenvalue weighted by atomic mass is 10.0. The van der Waals surface area contributed by atoms with Gasteiger partial charge in [-0.25, -0.2) is 4.98 Å². The number of fused-ring (bicyclic) bond motifs is 1. The van der Waals surface area contributed by atoms with E-state index >= 15 is 0 Å². The summed E-state index contributed by atoms with van der Waals surface area (Å²) in [7, 11) is 1.61. The molecule has 0 spiro atoms. The highest BCUT2D eigenvalue weighted by Crippen LogP contribution is 2.37. The second-order valence-electron chi connectivity index (χ2n) is 6.73. The van der Waals surface area contributed by atoms with Crippen LogP contribution in [0.4, 0.5) is 0 Å². The van der Waals surface area contributed by atoms with Crippen LogP contribution in [0.3, 0.4) is 0 Å². The van der Waals surface area contributed by atoms with Crippen LogP contribution in [0.25, 0.3) is 10.2 Å². The molecule has 4 rings (SSSR count). The number of likely N-dealkylation sites (tertiary alicyclic amines) is 1. The predicted molar refractivity (Wildman–Crippen MR) is 105 cm³/mol. The van der Waals surface area contributed by atoms with Crippen molar-refractivity contribution in [3.63, 3.8) is 0 Å². The SMILES string of the molecule is COc1ccc(C)cc1C(=O)N1CCCC[C@@H]1c1nc2ccccc2s1. The maximum absolute atomic E-state index is 13.4. The van der Waals surface area contributed by atoms with E-state index in [-0.39, 0.29) is 11.9 Å². The van der Waals surface area contributed by atoms with E-state index in [1.165, 1.54) is 4.70 Å². The minimum atomic E-state index is 0.0366. The van der Waals surface area contributed by atoms with Crippen LogP contribution in [0.1, 0.15) is 46.2 Å². The number of hydrogen-bond acceptors (Lipinski definition) is 4. The number of carbonyl (C=O) groups excluding carboxylic acids is 1. The summed E-state index contributed by atoms with van der Waals surface area (Å²) in [6.45, 7) is 2.76. The van der Waals surface area contributed by atoms with Crippen LogP contribution in [-0.2, 0) is 0 Å². The molecule has 1 saturated heterocycles. The van der Waals surface area contributed by atoms with E-state index in [4.69, 9.17) is 9.72 Å². The van der Waals surface area contributed by atoms with Gasteiger partial charge >= 0.3 is 0 Å². The molecule has 0 radical (unpaired) electrons. The number of piperidine rings is 1. The maximum Gasteiger partial charge on any atom is 0.258 e. The van der Waals surface area contributed by atoms with Crippen molar-refractivity contribution in [3.8, 4) is 5.75 Å². The lowest BCUT2D eigenvalue weighted by Gasteiger charge is -2.35. The number of methoxy groups -OCH3 is 1. The van der Waals surface area contributed by atoms with Gasteiger partial charge in [0.15, 0.2) is 0 Å². The van der Waals surface area contributed by atoms with Crippen molar-refractivity contribution < 1.29 is 9.53 Å². The van der Waals surface area contributed by atoms with Gasteiger partial charge in [-0.3, -0.25) is 4.79 Å². The summed E-state index contributed by atoms with van der Waals surface area (Å²) in [6.07, 6.45) is 3.11. The van der Waals surface area contributed by atoms with E-state index in [2.05, 4.69) is 6.07 Å². The summed E-state index contributed by atoms with van der Waals surface area (Å²) >= 11 is 1.70. The monoisotopic (exact) mass is 366 g/mol. The third-order valence-electron chi connectivity index (χ3n) is 4.94. The average molecular weight is 366 g/mol. The van der Waals surface area contributed by atoms with E-state index in [0.717, 1.165) is 41.9 Å². The topological polar surface area (TPSA) is 42.4 Å². The molecule has 4 nitrogen and oxygen atoms in total. The molecule has 0 bridgehead atoms. The molecule has 26 heavy (non-hydrogen) atoms. The van der Waals surface area contributed by atoms with Crippen LogP contribution in [0, 0.1) is 6.92 Å². The average Bonchev–Trinajstić information content (AvgIpc) is 3.11. The van der Waals surface area contributed by atoms with Crippen LogP contribution in [0.5, 0.6) is 5.75 Å². The summed E-state index contributed by atoms with van der Waals surface area (Å²) in [4.78, 5) is 20.2. The van der Waals surface area contributed by atoms with E-state index in [1.54, 1.807) is 18.4 Å². The summed E-state index contributed by atoms with van der Waals surface area (Å²) in [5, 5.41) is 1.03. The smallest absolute Gasteiger partial charge is 0.258 e. The van der Waals surface area contributed by atoms with Gasteiger partial charge in [0.1, 0.15) is 10.8 Å². The molecule has 3 aromatic rings. The van der Waals surface area contributed by atoms with Crippen LogP contribution in [0.2, 0.25) is 0 Å². The molecule has 134 valence electrons. The van der Waals surface area contributed by atoms with Crippen molar-refractivity contribution >= 4 is 27.5 Å². The Labute approximate surface area is 157 Å². The van der Waals surface area contributed by atoms with Crippen molar-refractivity contribution in [2.45, 2.75) is 32.2 Å². The van der Waals surface area contributed by atoms with Crippen LogP contribution in [-0.4, -0.2) is 29.4 Å². The Kier molecular flexibility index (Phi) is 4.64. The first kappa shape index (κ1) is 17.0. The van der Waals surface area contributed by atoms with Crippen molar-refractivity contribution in [3.05, 3.63) is 58.6 Å². The summed E-state index contributed by atoms with van der Waals surface area (Å²) < 4.78 is 6.62. The number of benzene rings is 2. The molecule has 1 aliphatic rings. The van der Waals surface area contributed by atoms with Gasteiger partial charge in [0.05, 0.1) is 28.9 Å². The van der Waals surface area contributed by atoms with E-state index in [9.17, 15) is 4.79 Å². The zero-order valence-electron chi connectivity index (χ0n) is 15.1. The molecule has 1 atom stereocenters. The third kappa shape index (κ3) is 3.07. The summed E-state index contributed by atoms with van der Waals surface area (Å²) in [5.41, 5.74) is 2.71. The summed E-state index contributed by atoms with van der Waals surface area (Å²) in [5.74, 6) is 0.670. The molecule has 1 aromatic heterocycles. The zero-order chi connectivity index (χ0) is 18.1. The van der Waals surface area contributed by atoms with Crippen LogP contribution < -0.4 is 4.74 Å².